The zero-order chi connectivity index (χ0) is 20.5. The molecule has 1 N–H and O–H groups in total. The molecule has 2 aromatic carbocycles. The molecule has 0 radical (unpaired) electrons. The Kier molecular flexibility index (Phi) is 5.24. The SMILES string of the molecule is Cc1cccc(CSc2nc(=O)c3c(n2C)NC(=O)CC3c2ccccc2F)c1. The van der Waals surface area contributed by atoms with Crippen LogP contribution >= 0.6 is 11.8 Å². The van der Waals surface area contributed by atoms with Crippen molar-refractivity contribution < 1.29 is 9.18 Å². The van der Waals surface area contributed by atoms with Crippen LogP contribution in [0.25, 0.3) is 0 Å². The van der Waals surface area contributed by atoms with Gasteiger partial charge in [-0.25, -0.2) is 4.39 Å². The van der Waals surface area contributed by atoms with E-state index in [2.05, 4.69) is 16.4 Å². The summed E-state index contributed by atoms with van der Waals surface area (Å²) in [5.41, 5.74) is 2.52. The second-order valence-electron chi connectivity index (χ2n) is 7.12. The number of carbonyl (C=O) groups is 1. The van der Waals surface area contributed by atoms with Crippen LogP contribution in [-0.2, 0) is 17.6 Å². The van der Waals surface area contributed by atoms with Crippen molar-refractivity contribution in [2.45, 2.75) is 30.2 Å². The lowest BCUT2D eigenvalue weighted by Gasteiger charge is -2.27. The average Bonchev–Trinajstić information content (AvgIpc) is 2.69. The maximum Gasteiger partial charge on any atom is 0.279 e. The van der Waals surface area contributed by atoms with Crippen LogP contribution in [0.2, 0.25) is 0 Å². The summed E-state index contributed by atoms with van der Waals surface area (Å²) < 4.78 is 16.1. The first-order valence-corrected chi connectivity index (χ1v) is 10.3. The molecule has 1 aromatic heterocycles. The number of aromatic nitrogens is 2. The van der Waals surface area contributed by atoms with Gasteiger partial charge < -0.3 is 9.88 Å². The van der Waals surface area contributed by atoms with E-state index >= 15 is 0 Å². The van der Waals surface area contributed by atoms with E-state index in [0.717, 1.165) is 11.1 Å². The summed E-state index contributed by atoms with van der Waals surface area (Å²) >= 11 is 1.42. The minimum Gasteiger partial charge on any atom is -0.312 e. The van der Waals surface area contributed by atoms with Crippen LogP contribution in [0.3, 0.4) is 0 Å². The number of anilines is 1. The molecule has 0 fully saturated rings. The van der Waals surface area contributed by atoms with Gasteiger partial charge in [0.2, 0.25) is 5.91 Å². The molecule has 0 bridgehead atoms. The van der Waals surface area contributed by atoms with Crippen LogP contribution in [0.4, 0.5) is 10.2 Å². The third kappa shape index (κ3) is 3.82. The minimum atomic E-state index is -0.651. The fourth-order valence-corrected chi connectivity index (χ4v) is 4.55. The number of carbonyl (C=O) groups excluding carboxylic acids is 1. The lowest BCUT2D eigenvalue weighted by Crippen LogP contribution is -2.33. The van der Waals surface area contributed by atoms with Crippen LogP contribution in [0.1, 0.15) is 34.6 Å². The van der Waals surface area contributed by atoms with Gasteiger partial charge in [-0.2, -0.15) is 4.98 Å². The Bertz CT molecular complexity index is 1160. The van der Waals surface area contributed by atoms with E-state index in [-0.39, 0.29) is 12.3 Å². The van der Waals surface area contributed by atoms with E-state index < -0.39 is 17.3 Å². The van der Waals surface area contributed by atoms with Crippen molar-refractivity contribution in [1.29, 1.82) is 0 Å². The number of rotatable bonds is 4. The predicted octanol–water partition coefficient (Wildman–Crippen LogP) is 3.99. The normalized spacial score (nSPS) is 15.7. The molecule has 0 spiro atoms. The van der Waals surface area contributed by atoms with Gasteiger partial charge in [0, 0.05) is 25.1 Å². The smallest absolute Gasteiger partial charge is 0.279 e. The van der Waals surface area contributed by atoms with Crippen molar-refractivity contribution in [2.75, 3.05) is 5.32 Å². The first-order valence-electron chi connectivity index (χ1n) is 9.27. The first kappa shape index (κ1) is 19.4. The molecule has 0 saturated carbocycles. The van der Waals surface area contributed by atoms with Gasteiger partial charge in [0.1, 0.15) is 11.6 Å². The molecule has 2 heterocycles. The van der Waals surface area contributed by atoms with Gasteiger partial charge in [0.15, 0.2) is 5.16 Å². The topological polar surface area (TPSA) is 64.0 Å². The van der Waals surface area contributed by atoms with Crippen LogP contribution in [-0.4, -0.2) is 15.5 Å². The largest absolute Gasteiger partial charge is 0.312 e. The van der Waals surface area contributed by atoms with Gasteiger partial charge in [-0.05, 0) is 24.1 Å². The Morgan fingerprint density at radius 2 is 2.00 bits per heavy atom. The predicted molar refractivity (Wildman–Crippen MR) is 112 cm³/mol. The summed E-state index contributed by atoms with van der Waals surface area (Å²) in [6.45, 7) is 2.03. The quantitative estimate of drug-likeness (QED) is 0.523. The third-order valence-corrected chi connectivity index (χ3v) is 6.13. The lowest BCUT2D eigenvalue weighted by atomic mass is 9.86. The summed E-state index contributed by atoms with van der Waals surface area (Å²) in [5, 5.41) is 3.29. The van der Waals surface area contributed by atoms with Crippen molar-refractivity contribution in [2.24, 2.45) is 7.05 Å². The molecule has 148 valence electrons. The number of halogens is 1. The third-order valence-electron chi connectivity index (χ3n) is 5.03. The van der Waals surface area contributed by atoms with Crippen LogP contribution in [0, 0.1) is 12.7 Å². The van der Waals surface area contributed by atoms with E-state index in [0.29, 0.717) is 27.9 Å². The highest BCUT2D eigenvalue weighted by Gasteiger charge is 2.33. The van der Waals surface area contributed by atoms with E-state index in [9.17, 15) is 14.0 Å². The highest BCUT2D eigenvalue weighted by atomic mass is 32.2. The Morgan fingerprint density at radius 3 is 2.76 bits per heavy atom. The number of benzene rings is 2. The lowest BCUT2D eigenvalue weighted by molar-refractivity contribution is -0.116. The van der Waals surface area contributed by atoms with Gasteiger partial charge in [-0.3, -0.25) is 9.59 Å². The van der Waals surface area contributed by atoms with E-state index in [1.54, 1.807) is 29.8 Å². The molecule has 29 heavy (non-hydrogen) atoms. The minimum absolute atomic E-state index is 0.0145. The number of hydrogen-bond donors (Lipinski definition) is 1. The first-order chi connectivity index (χ1) is 13.9. The molecule has 0 aliphatic carbocycles. The number of nitrogens with one attached hydrogen (secondary N) is 1. The highest BCUT2D eigenvalue weighted by molar-refractivity contribution is 7.98. The van der Waals surface area contributed by atoms with Crippen LogP contribution in [0.15, 0.2) is 58.5 Å². The van der Waals surface area contributed by atoms with Crippen molar-refractivity contribution in [3.63, 3.8) is 0 Å². The van der Waals surface area contributed by atoms with Crippen LogP contribution < -0.4 is 10.9 Å². The molecule has 1 unspecified atom stereocenters. The molecule has 1 atom stereocenters. The Balaban J connectivity index is 1.73. The summed E-state index contributed by atoms with van der Waals surface area (Å²) in [7, 11) is 1.76. The number of thioether (sulfide) groups is 1. The second kappa shape index (κ2) is 7.83. The Hall–Kier alpha value is -2.93. The second-order valence-corrected chi connectivity index (χ2v) is 8.07. The van der Waals surface area contributed by atoms with E-state index in [4.69, 9.17) is 0 Å². The van der Waals surface area contributed by atoms with Gasteiger partial charge in [0.05, 0.1) is 5.56 Å². The molecule has 1 aliphatic rings. The number of amides is 1. The fourth-order valence-electron chi connectivity index (χ4n) is 3.64. The van der Waals surface area contributed by atoms with Gasteiger partial charge in [-0.1, -0.05) is 59.8 Å². The molecule has 1 amide bonds. The molecule has 7 heteroatoms. The maximum absolute atomic E-state index is 14.4. The number of fused-ring (bicyclic) bond motifs is 1. The molecule has 0 saturated heterocycles. The molecule has 5 nitrogen and oxygen atoms in total. The maximum atomic E-state index is 14.4. The summed E-state index contributed by atoms with van der Waals surface area (Å²) in [6, 6.07) is 14.4. The van der Waals surface area contributed by atoms with Crippen molar-refractivity contribution >= 4 is 23.5 Å². The van der Waals surface area contributed by atoms with Crippen molar-refractivity contribution in [3.05, 3.63) is 87.0 Å². The summed E-state index contributed by atoms with van der Waals surface area (Å²) in [4.78, 5) is 29.5. The standard InChI is InChI=1S/C22H20FN3O2S/c1-13-6-5-7-14(10-13)12-29-22-25-21(28)19-16(15-8-3-4-9-17(15)23)11-18(27)24-20(19)26(22)2/h3-10,16H,11-12H2,1-2H3,(H,24,27). The van der Waals surface area contributed by atoms with Crippen molar-refractivity contribution in [1.82, 2.24) is 9.55 Å². The van der Waals surface area contributed by atoms with E-state index in [1.807, 2.05) is 25.1 Å². The van der Waals surface area contributed by atoms with E-state index in [1.165, 1.54) is 17.8 Å². The average molecular weight is 409 g/mol. The Morgan fingerprint density at radius 1 is 1.21 bits per heavy atom. The molecular formula is C22H20FN3O2S. The highest BCUT2D eigenvalue weighted by Crippen LogP contribution is 2.37. The van der Waals surface area contributed by atoms with Crippen molar-refractivity contribution in [3.8, 4) is 0 Å². The monoisotopic (exact) mass is 409 g/mol. The van der Waals surface area contributed by atoms with Crippen LogP contribution in [0.5, 0.6) is 0 Å². The van der Waals surface area contributed by atoms with Gasteiger partial charge in [-0.15, -0.1) is 0 Å². The molecule has 1 aliphatic heterocycles. The van der Waals surface area contributed by atoms with Gasteiger partial charge >= 0.3 is 0 Å². The molecule has 3 aromatic rings. The zero-order valence-electron chi connectivity index (χ0n) is 16.1. The number of hydrogen-bond acceptors (Lipinski definition) is 4. The number of nitrogens with zero attached hydrogens (tertiary/aromatic N) is 2. The Labute approximate surface area is 172 Å². The molecule has 4 rings (SSSR count). The summed E-state index contributed by atoms with van der Waals surface area (Å²) in [6.07, 6.45) is 0.0145. The molecular weight excluding hydrogens is 389 g/mol. The summed E-state index contributed by atoms with van der Waals surface area (Å²) in [5.74, 6) is -0.297. The number of aryl methyl sites for hydroxylation is 1. The zero-order valence-corrected chi connectivity index (χ0v) is 16.9. The van der Waals surface area contributed by atoms with Gasteiger partial charge in [0.25, 0.3) is 5.56 Å². The fraction of sp³-hybridized carbons (Fsp3) is 0.227.